The molecule has 1 amide bonds. The number of benzene rings is 1. The van der Waals surface area contributed by atoms with Gasteiger partial charge in [0.1, 0.15) is 5.82 Å². The van der Waals surface area contributed by atoms with Gasteiger partial charge in [-0.3, -0.25) is 9.59 Å². The minimum absolute atomic E-state index is 0.170. The summed E-state index contributed by atoms with van der Waals surface area (Å²) < 4.78 is 49.7. The van der Waals surface area contributed by atoms with Crippen LogP contribution in [0.5, 0.6) is 0 Å². The summed E-state index contributed by atoms with van der Waals surface area (Å²) >= 11 is 1.39. The van der Waals surface area contributed by atoms with Crippen LogP contribution in [0.15, 0.2) is 34.6 Å². The monoisotopic (exact) mass is 576 g/mol. The molecule has 13 heteroatoms. The zero-order chi connectivity index (χ0) is 28.6. The van der Waals surface area contributed by atoms with E-state index in [1.54, 1.807) is 5.38 Å². The van der Waals surface area contributed by atoms with Crippen molar-refractivity contribution in [1.82, 2.24) is 14.5 Å². The lowest BCUT2D eigenvalue weighted by Crippen LogP contribution is -2.50. The SMILES string of the molecule is C[C@H]1CN(c2cc(F)c(-c3csc(N4CCOCC4)n3)cc2NC(=O)c2cn(C)c(=O)cc2C(F)F)CCN1C. The summed E-state index contributed by atoms with van der Waals surface area (Å²) in [5, 5.41) is 5.24. The second kappa shape index (κ2) is 11.6. The fourth-order valence-corrected chi connectivity index (χ4v) is 5.76. The molecule has 3 aromatic rings. The number of piperazine rings is 1. The minimum atomic E-state index is -3.02. The number of anilines is 3. The Bertz CT molecular complexity index is 1460. The topological polar surface area (TPSA) is 82.9 Å². The Labute approximate surface area is 233 Å². The van der Waals surface area contributed by atoms with Gasteiger partial charge in [0.2, 0.25) is 0 Å². The van der Waals surface area contributed by atoms with Gasteiger partial charge in [-0.05, 0) is 26.1 Å². The number of alkyl halides is 2. The second-order valence-corrected chi connectivity index (χ2v) is 10.9. The van der Waals surface area contributed by atoms with Crippen LogP contribution in [0, 0.1) is 5.82 Å². The maximum atomic E-state index is 15.7. The summed E-state index contributed by atoms with van der Waals surface area (Å²) in [7, 11) is 3.39. The number of halogens is 3. The van der Waals surface area contributed by atoms with Crippen LogP contribution in [-0.2, 0) is 11.8 Å². The quantitative estimate of drug-likeness (QED) is 0.478. The van der Waals surface area contributed by atoms with Gasteiger partial charge in [-0.25, -0.2) is 18.2 Å². The second-order valence-electron chi connectivity index (χ2n) is 10.1. The first-order valence-corrected chi connectivity index (χ1v) is 13.9. The predicted octanol–water partition coefficient (Wildman–Crippen LogP) is 3.81. The molecule has 0 unspecified atom stereocenters. The number of morpholine rings is 1. The van der Waals surface area contributed by atoms with Crippen LogP contribution in [0.3, 0.4) is 0 Å². The molecule has 9 nitrogen and oxygen atoms in total. The molecule has 1 atom stereocenters. The Hall–Kier alpha value is -3.42. The first-order chi connectivity index (χ1) is 19.1. The van der Waals surface area contributed by atoms with E-state index in [-0.39, 0.29) is 22.9 Å². The Morgan fingerprint density at radius 3 is 2.58 bits per heavy atom. The highest BCUT2D eigenvalue weighted by atomic mass is 32.1. The average Bonchev–Trinajstić information content (AvgIpc) is 3.43. The molecule has 214 valence electrons. The lowest BCUT2D eigenvalue weighted by atomic mass is 10.1. The molecule has 2 aliphatic rings. The molecule has 2 aromatic heterocycles. The van der Waals surface area contributed by atoms with E-state index in [2.05, 4.69) is 27.0 Å². The minimum Gasteiger partial charge on any atom is -0.378 e. The Morgan fingerprint density at radius 1 is 1.12 bits per heavy atom. The lowest BCUT2D eigenvalue weighted by Gasteiger charge is -2.39. The number of nitrogens with zero attached hydrogens (tertiary/aromatic N) is 5. The molecule has 2 saturated heterocycles. The highest BCUT2D eigenvalue weighted by Crippen LogP contribution is 2.37. The number of ether oxygens (including phenoxy) is 1. The molecule has 0 saturated carbocycles. The van der Waals surface area contributed by atoms with Crippen molar-refractivity contribution in [2.24, 2.45) is 7.05 Å². The number of nitrogens with one attached hydrogen (secondary N) is 1. The third kappa shape index (κ3) is 5.72. The molecule has 2 aliphatic heterocycles. The van der Waals surface area contributed by atoms with Gasteiger partial charge in [0.25, 0.3) is 17.9 Å². The molecule has 1 N–H and O–H groups in total. The smallest absolute Gasteiger partial charge is 0.264 e. The van der Waals surface area contributed by atoms with Crippen molar-refractivity contribution >= 4 is 33.8 Å². The van der Waals surface area contributed by atoms with Gasteiger partial charge in [0.05, 0.1) is 35.8 Å². The molecular formula is C27H31F3N6O3S. The molecule has 0 aliphatic carbocycles. The summed E-state index contributed by atoms with van der Waals surface area (Å²) in [4.78, 5) is 36.2. The largest absolute Gasteiger partial charge is 0.378 e. The molecule has 0 radical (unpaired) electrons. The van der Waals surface area contributed by atoms with Crippen LogP contribution in [0.25, 0.3) is 11.3 Å². The number of rotatable bonds is 6. The van der Waals surface area contributed by atoms with Gasteiger partial charge in [-0.2, -0.15) is 0 Å². The van der Waals surface area contributed by atoms with Crippen molar-refractivity contribution in [2.45, 2.75) is 19.4 Å². The van der Waals surface area contributed by atoms with Gasteiger partial charge >= 0.3 is 0 Å². The van der Waals surface area contributed by atoms with E-state index in [0.29, 0.717) is 50.8 Å². The van der Waals surface area contributed by atoms with Gasteiger partial charge in [-0.15, -0.1) is 11.3 Å². The number of hydrogen-bond acceptors (Lipinski definition) is 8. The van der Waals surface area contributed by atoms with Crippen LogP contribution in [0.4, 0.5) is 29.7 Å². The van der Waals surface area contributed by atoms with Crippen molar-refractivity contribution in [3.8, 4) is 11.3 Å². The number of amides is 1. The summed E-state index contributed by atoms with van der Waals surface area (Å²) in [6.45, 7) is 6.49. The molecule has 40 heavy (non-hydrogen) atoms. The van der Waals surface area contributed by atoms with Gasteiger partial charge in [-0.1, -0.05) is 0 Å². The standard InChI is InChI=1S/C27H31F3N6O3S/c1-16-13-36(5-4-33(16)2)23-12-20(28)18(22-15-40-27(32-22)35-6-8-39-9-7-35)10-21(23)31-26(38)19-14-34(3)24(37)11-17(19)25(29)30/h10-12,14-16,25H,4-9,13H2,1-3H3,(H,31,38)/t16-/m0/s1. The number of aryl methyl sites for hydroxylation is 1. The summed E-state index contributed by atoms with van der Waals surface area (Å²) in [6, 6.07) is 3.81. The van der Waals surface area contributed by atoms with E-state index < -0.39 is 29.3 Å². The van der Waals surface area contributed by atoms with E-state index in [4.69, 9.17) is 4.74 Å². The van der Waals surface area contributed by atoms with Crippen LogP contribution < -0.4 is 20.7 Å². The van der Waals surface area contributed by atoms with E-state index in [1.807, 2.05) is 11.9 Å². The number of thiazole rings is 1. The zero-order valence-corrected chi connectivity index (χ0v) is 23.3. The molecule has 1 aromatic carbocycles. The number of likely N-dealkylation sites (N-methyl/N-ethyl adjacent to an activating group) is 1. The summed E-state index contributed by atoms with van der Waals surface area (Å²) in [6.07, 6.45) is -1.93. The first-order valence-electron chi connectivity index (χ1n) is 13.0. The Morgan fingerprint density at radius 2 is 1.88 bits per heavy atom. The van der Waals surface area contributed by atoms with Crippen molar-refractivity contribution in [2.75, 3.05) is 68.1 Å². The predicted molar refractivity (Wildman–Crippen MR) is 149 cm³/mol. The van der Waals surface area contributed by atoms with E-state index in [1.165, 1.54) is 30.5 Å². The van der Waals surface area contributed by atoms with Crippen LogP contribution >= 0.6 is 11.3 Å². The number of pyridine rings is 1. The molecule has 5 rings (SSSR count). The third-order valence-electron chi connectivity index (χ3n) is 7.42. The number of aromatic nitrogens is 2. The Kier molecular flexibility index (Phi) is 8.15. The molecule has 2 fully saturated rings. The number of carbonyl (C=O) groups is 1. The molecule has 4 heterocycles. The van der Waals surface area contributed by atoms with Gasteiger partial charge < -0.3 is 29.3 Å². The van der Waals surface area contributed by atoms with Crippen LogP contribution in [0.2, 0.25) is 0 Å². The highest BCUT2D eigenvalue weighted by Gasteiger charge is 2.27. The average molecular weight is 577 g/mol. The van der Waals surface area contributed by atoms with Crippen LogP contribution in [0.1, 0.15) is 29.3 Å². The summed E-state index contributed by atoms with van der Waals surface area (Å²) in [5.74, 6) is -1.33. The van der Waals surface area contributed by atoms with Gasteiger partial charge in [0.15, 0.2) is 5.13 Å². The number of hydrogen-bond donors (Lipinski definition) is 1. The fraction of sp³-hybridized carbons (Fsp3) is 0.444. The lowest BCUT2D eigenvalue weighted by molar-refractivity contribution is 0.101. The van der Waals surface area contributed by atoms with Crippen molar-refractivity contribution < 1.29 is 22.7 Å². The normalized spacial score (nSPS) is 18.4. The van der Waals surface area contributed by atoms with Crippen molar-refractivity contribution in [1.29, 1.82) is 0 Å². The van der Waals surface area contributed by atoms with E-state index in [0.717, 1.165) is 28.5 Å². The molecular weight excluding hydrogens is 545 g/mol. The molecule has 0 spiro atoms. The first kappa shape index (κ1) is 28.1. The van der Waals surface area contributed by atoms with Crippen LogP contribution in [-0.4, -0.2) is 79.4 Å². The Balaban J connectivity index is 1.54. The summed E-state index contributed by atoms with van der Waals surface area (Å²) in [5.41, 5.74) is -0.326. The van der Waals surface area contributed by atoms with Gasteiger partial charge in [0, 0.05) is 74.6 Å². The molecule has 0 bridgehead atoms. The third-order valence-corrected chi connectivity index (χ3v) is 8.33. The number of carbonyl (C=O) groups excluding carboxylic acids is 1. The zero-order valence-electron chi connectivity index (χ0n) is 22.5. The van der Waals surface area contributed by atoms with E-state index in [9.17, 15) is 18.4 Å². The maximum absolute atomic E-state index is 15.7. The van der Waals surface area contributed by atoms with E-state index >= 15 is 4.39 Å². The van der Waals surface area contributed by atoms with Crippen molar-refractivity contribution in [3.63, 3.8) is 0 Å². The highest BCUT2D eigenvalue weighted by molar-refractivity contribution is 7.14. The van der Waals surface area contributed by atoms with Crippen molar-refractivity contribution in [3.05, 3.63) is 57.1 Å². The fourth-order valence-electron chi connectivity index (χ4n) is 4.88. The maximum Gasteiger partial charge on any atom is 0.264 e.